The zero-order valence-electron chi connectivity index (χ0n) is 23.2. The van der Waals surface area contributed by atoms with Gasteiger partial charge < -0.3 is 10.6 Å². The van der Waals surface area contributed by atoms with Gasteiger partial charge in [0.1, 0.15) is 6.33 Å². The van der Waals surface area contributed by atoms with Crippen molar-refractivity contribution in [2.75, 3.05) is 0 Å². The average Bonchev–Trinajstić information content (AvgIpc) is 3.47. The van der Waals surface area contributed by atoms with Gasteiger partial charge in [0.25, 0.3) is 5.91 Å². The minimum absolute atomic E-state index is 0.0766. The molecule has 0 unspecified atom stereocenters. The Bertz CT molecular complexity index is 1420. The van der Waals surface area contributed by atoms with Crippen LogP contribution in [0.5, 0.6) is 0 Å². The summed E-state index contributed by atoms with van der Waals surface area (Å²) in [5.41, 5.74) is 1.42. The molecule has 2 saturated carbocycles. The van der Waals surface area contributed by atoms with Gasteiger partial charge in [0.2, 0.25) is 17.7 Å². The molecule has 2 fully saturated rings. The van der Waals surface area contributed by atoms with Crippen molar-refractivity contribution in [3.63, 3.8) is 0 Å². The van der Waals surface area contributed by atoms with Gasteiger partial charge in [0, 0.05) is 25.3 Å². The van der Waals surface area contributed by atoms with E-state index in [2.05, 4.69) is 30.8 Å². The van der Waals surface area contributed by atoms with E-state index in [4.69, 9.17) is 0 Å². The topological polar surface area (TPSA) is 119 Å². The maximum Gasteiger partial charge on any atom is 0.389 e. The van der Waals surface area contributed by atoms with Gasteiger partial charge in [-0.1, -0.05) is 0 Å². The van der Waals surface area contributed by atoms with Gasteiger partial charge in [-0.05, 0) is 63.0 Å². The van der Waals surface area contributed by atoms with Crippen LogP contribution in [0.4, 0.5) is 22.0 Å². The van der Waals surface area contributed by atoms with Crippen molar-refractivity contribution in [2.24, 2.45) is 11.8 Å². The molecule has 0 aliphatic heterocycles. The van der Waals surface area contributed by atoms with E-state index >= 15 is 0 Å². The first-order valence-corrected chi connectivity index (χ1v) is 14.1. The van der Waals surface area contributed by atoms with Crippen molar-refractivity contribution in [1.82, 2.24) is 40.0 Å². The van der Waals surface area contributed by atoms with Crippen LogP contribution in [0.3, 0.4) is 0 Å². The molecule has 42 heavy (non-hydrogen) atoms. The lowest BCUT2D eigenvalue weighted by Gasteiger charge is -2.33. The fraction of sp³-hybridized carbons (Fsp3) is 0.630. The second kappa shape index (κ2) is 11.6. The third-order valence-electron chi connectivity index (χ3n) is 7.87. The molecule has 3 aromatic heterocycles. The number of hydrogen-bond donors (Lipinski definition) is 2. The standard InChI is InChI=1S/C27H33F5N8O2/c1-15(2)40-24(33-14-35-40)25(42)38-23(17-5-8-26(28,29)9-6-17)19-13-39-20(36-19)11-18(12-34-39)22(16-3-4-16)37-21(41)7-10-27(30,31)32/h11-17,22-23H,3-10H2,1-2H3,(H,37,41)(H,38,42)/t22-,23+/m1/s1. The van der Waals surface area contributed by atoms with Crippen LogP contribution in [0.15, 0.2) is 24.8 Å². The number of carbonyl (C=O) groups excluding carboxylic acids is 2. The first-order chi connectivity index (χ1) is 19.8. The molecule has 0 aromatic carbocycles. The van der Waals surface area contributed by atoms with E-state index < -0.39 is 48.8 Å². The molecule has 2 amide bonds. The normalized spacial score (nSPS) is 19.1. The zero-order chi connectivity index (χ0) is 30.2. The molecule has 0 saturated heterocycles. The second-order valence-electron chi connectivity index (χ2n) is 11.5. The van der Waals surface area contributed by atoms with Crippen LogP contribution in [-0.2, 0) is 4.79 Å². The zero-order valence-corrected chi connectivity index (χ0v) is 23.2. The van der Waals surface area contributed by atoms with Gasteiger partial charge in [-0.25, -0.2) is 27.9 Å². The summed E-state index contributed by atoms with van der Waals surface area (Å²) >= 11 is 0. The summed E-state index contributed by atoms with van der Waals surface area (Å²) in [6.07, 6.45) is -0.491. The smallest absolute Gasteiger partial charge is 0.349 e. The molecular weight excluding hydrogens is 563 g/mol. The molecule has 0 radical (unpaired) electrons. The first kappa shape index (κ1) is 29.8. The van der Waals surface area contributed by atoms with E-state index in [0.29, 0.717) is 16.9 Å². The molecule has 0 bridgehead atoms. The maximum atomic E-state index is 14.0. The maximum absolute atomic E-state index is 14.0. The molecule has 0 spiro atoms. The largest absolute Gasteiger partial charge is 0.389 e. The Kier molecular flexibility index (Phi) is 8.21. The van der Waals surface area contributed by atoms with Crippen molar-refractivity contribution in [3.05, 3.63) is 41.9 Å². The number of amides is 2. The lowest BCUT2D eigenvalue weighted by molar-refractivity contribution is -0.144. The lowest BCUT2D eigenvalue weighted by Crippen LogP contribution is -2.38. The van der Waals surface area contributed by atoms with Crippen LogP contribution in [0.25, 0.3) is 5.65 Å². The number of halogens is 5. The predicted octanol–water partition coefficient (Wildman–Crippen LogP) is 5.11. The number of carbonyl (C=O) groups is 2. The molecule has 15 heteroatoms. The van der Waals surface area contributed by atoms with Gasteiger partial charge in [-0.15, -0.1) is 0 Å². The van der Waals surface area contributed by atoms with Crippen molar-refractivity contribution in [1.29, 1.82) is 0 Å². The van der Waals surface area contributed by atoms with Gasteiger partial charge in [-0.3, -0.25) is 9.59 Å². The minimum Gasteiger partial charge on any atom is -0.349 e. The Morgan fingerprint density at radius 1 is 1.05 bits per heavy atom. The Morgan fingerprint density at radius 3 is 2.38 bits per heavy atom. The van der Waals surface area contributed by atoms with Crippen molar-refractivity contribution < 1.29 is 31.5 Å². The molecule has 2 N–H and O–H groups in total. The minimum atomic E-state index is -4.43. The Hall–Kier alpha value is -3.65. The number of rotatable bonds is 10. The highest BCUT2D eigenvalue weighted by molar-refractivity contribution is 5.91. The van der Waals surface area contributed by atoms with Crippen LogP contribution in [0.2, 0.25) is 0 Å². The number of imidazole rings is 1. The SMILES string of the molecule is CC(C)n1ncnc1C(=O)N[C@H](c1cn2ncc([C@H](NC(=O)CCC(F)(F)F)C3CC3)cc2n1)C1CCC(F)(F)CC1. The molecule has 2 aliphatic rings. The molecule has 228 valence electrons. The predicted molar refractivity (Wildman–Crippen MR) is 139 cm³/mol. The summed E-state index contributed by atoms with van der Waals surface area (Å²) in [4.78, 5) is 34.4. The van der Waals surface area contributed by atoms with E-state index in [1.807, 2.05) is 13.8 Å². The summed E-state index contributed by atoms with van der Waals surface area (Å²) in [6, 6.07) is 0.345. The molecule has 10 nitrogen and oxygen atoms in total. The van der Waals surface area contributed by atoms with Gasteiger partial charge >= 0.3 is 6.18 Å². The number of nitrogens with zero attached hydrogens (tertiary/aromatic N) is 6. The van der Waals surface area contributed by atoms with Crippen molar-refractivity contribution in [2.45, 2.75) is 95.4 Å². The number of aromatic nitrogens is 6. The Balaban J connectivity index is 1.40. The van der Waals surface area contributed by atoms with Crippen LogP contribution < -0.4 is 10.6 Å². The van der Waals surface area contributed by atoms with Crippen LogP contribution in [-0.4, -0.2) is 53.3 Å². The summed E-state index contributed by atoms with van der Waals surface area (Å²) < 4.78 is 68.8. The lowest BCUT2D eigenvalue weighted by atomic mass is 9.81. The monoisotopic (exact) mass is 596 g/mol. The van der Waals surface area contributed by atoms with Crippen LogP contribution in [0.1, 0.15) is 105 Å². The van der Waals surface area contributed by atoms with E-state index in [9.17, 15) is 31.5 Å². The average molecular weight is 597 g/mol. The van der Waals surface area contributed by atoms with Crippen LogP contribution >= 0.6 is 0 Å². The molecular formula is C27H33F5N8O2. The number of fused-ring (bicyclic) bond motifs is 1. The number of hydrogen-bond acceptors (Lipinski definition) is 6. The molecule has 2 atom stereocenters. The molecule has 3 aromatic rings. The summed E-state index contributed by atoms with van der Waals surface area (Å²) in [5, 5.41) is 14.2. The van der Waals surface area contributed by atoms with Gasteiger partial charge in [-0.2, -0.15) is 23.4 Å². The highest BCUT2D eigenvalue weighted by atomic mass is 19.4. The molecule has 5 rings (SSSR count). The van der Waals surface area contributed by atoms with E-state index in [0.717, 1.165) is 12.8 Å². The van der Waals surface area contributed by atoms with E-state index in [-0.39, 0.29) is 49.4 Å². The summed E-state index contributed by atoms with van der Waals surface area (Å²) in [5.74, 6) is -4.12. The second-order valence-corrected chi connectivity index (χ2v) is 11.5. The molecule has 3 heterocycles. The molecule has 2 aliphatic carbocycles. The van der Waals surface area contributed by atoms with E-state index in [1.165, 1.54) is 21.7 Å². The van der Waals surface area contributed by atoms with Gasteiger partial charge in [0.15, 0.2) is 5.65 Å². The highest BCUT2D eigenvalue weighted by Gasteiger charge is 2.40. The quantitative estimate of drug-likeness (QED) is 0.314. The summed E-state index contributed by atoms with van der Waals surface area (Å²) in [6.45, 7) is 3.70. The summed E-state index contributed by atoms with van der Waals surface area (Å²) in [7, 11) is 0. The van der Waals surface area contributed by atoms with Crippen molar-refractivity contribution >= 4 is 17.5 Å². The number of alkyl halides is 5. The fourth-order valence-electron chi connectivity index (χ4n) is 5.46. The van der Waals surface area contributed by atoms with Crippen LogP contribution in [0, 0.1) is 11.8 Å². The van der Waals surface area contributed by atoms with Crippen molar-refractivity contribution in [3.8, 4) is 0 Å². The Labute approximate surface area is 238 Å². The first-order valence-electron chi connectivity index (χ1n) is 14.1. The Morgan fingerprint density at radius 2 is 1.74 bits per heavy atom. The third-order valence-corrected chi connectivity index (χ3v) is 7.87. The van der Waals surface area contributed by atoms with Gasteiger partial charge in [0.05, 0.1) is 36.6 Å². The number of nitrogens with one attached hydrogen (secondary N) is 2. The van der Waals surface area contributed by atoms with E-state index in [1.54, 1.807) is 12.3 Å². The third kappa shape index (κ3) is 7.04. The highest BCUT2D eigenvalue weighted by Crippen LogP contribution is 2.43. The fourth-order valence-corrected chi connectivity index (χ4v) is 5.46.